The van der Waals surface area contributed by atoms with Crippen molar-refractivity contribution in [2.45, 2.75) is 18.8 Å². The molecule has 0 bridgehead atoms. The minimum atomic E-state index is 0.314. The molecule has 0 saturated carbocycles. The van der Waals surface area contributed by atoms with Gasteiger partial charge in [-0.15, -0.1) is 0 Å². The number of aromatic nitrogens is 2. The molecule has 0 unspecified atom stereocenters. The van der Waals surface area contributed by atoms with E-state index in [4.69, 9.17) is 10.3 Å². The van der Waals surface area contributed by atoms with Crippen LogP contribution in [-0.4, -0.2) is 10.1 Å². The van der Waals surface area contributed by atoms with Crippen LogP contribution in [0.3, 0.4) is 0 Å². The largest absolute Gasteiger partial charge is 0.399 e. The van der Waals surface area contributed by atoms with Crippen molar-refractivity contribution in [3.63, 3.8) is 0 Å². The molecule has 104 valence electrons. The van der Waals surface area contributed by atoms with Gasteiger partial charge in [-0.05, 0) is 48.2 Å². The number of nitrogens with zero attached hydrogens (tertiary/aromatic N) is 2. The number of hydrogen-bond acceptors (Lipinski definition) is 4. The van der Waals surface area contributed by atoms with E-state index in [0.717, 1.165) is 29.9 Å². The van der Waals surface area contributed by atoms with Crippen LogP contribution in [0.1, 0.15) is 22.9 Å². The summed E-state index contributed by atoms with van der Waals surface area (Å²) in [6.45, 7) is 0. The minimum absolute atomic E-state index is 0.314. The molecule has 0 spiro atoms. The van der Waals surface area contributed by atoms with Gasteiger partial charge in [0.1, 0.15) is 0 Å². The van der Waals surface area contributed by atoms with Crippen molar-refractivity contribution in [1.82, 2.24) is 10.1 Å². The first-order valence-electron chi connectivity index (χ1n) is 7.06. The van der Waals surface area contributed by atoms with E-state index < -0.39 is 0 Å². The molecular formula is C17H15N3O. The zero-order valence-electron chi connectivity index (χ0n) is 11.5. The molecule has 0 radical (unpaired) electrons. The fourth-order valence-electron chi connectivity index (χ4n) is 2.89. The van der Waals surface area contributed by atoms with Crippen molar-refractivity contribution < 1.29 is 4.52 Å². The number of rotatable bonds is 2. The van der Waals surface area contributed by atoms with Gasteiger partial charge < -0.3 is 10.3 Å². The summed E-state index contributed by atoms with van der Waals surface area (Å²) in [5.41, 5.74) is 10.1. The SMILES string of the molecule is Nc1ccc(-c2nc(C3Cc4ccccc4C3)no2)cc1. The van der Waals surface area contributed by atoms with Gasteiger partial charge in [0, 0.05) is 17.2 Å². The molecule has 2 aromatic carbocycles. The lowest BCUT2D eigenvalue weighted by Crippen LogP contribution is -2.00. The molecule has 21 heavy (non-hydrogen) atoms. The monoisotopic (exact) mass is 277 g/mol. The number of hydrogen-bond donors (Lipinski definition) is 1. The van der Waals surface area contributed by atoms with Crippen LogP contribution in [-0.2, 0) is 12.8 Å². The van der Waals surface area contributed by atoms with Crippen molar-refractivity contribution >= 4 is 5.69 Å². The molecule has 0 aliphatic heterocycles. The van der Waals surface area contributed by atoms with Crippen LogP contribution in [0.15, 0.2) is 53.1 Å². The molecule has 1 aliphatic carbocycles. The Labute approximate surface area is 122 Å². The van der Waals surface area contributed by atoms with Crippen LogP contribution in [0.2, 0.25) is 0 Å². The zero-order chi connectivity index (χ0) is 14.2. The Balaban J connectivity index is 1.60. The van der Waals surface area contributed by atoms with Crippen molar-refractivity contribution in [1.29, 1.82) is 0 Å². The van der Waals surface area contributed by atoms with E-state index in [0.29, 0.717) is 11.8 Å². The highest BCUT2D eigenvalue weighted by molar-refractivity contribution is 5.57. The third-order valence-corrected chi connectivity index (χ3v) is 4.02. The first kappa shape index (κ1) is 12.1. The second kappa shape index (κ2) is 4.74. The fraction of sp³-hybridized carbons (Fsp3) is 0.176. The highest BCUT2D eigenvalue weighted by Gasteiger charge is 2.26. The van der Waals surface area contributed by atoms with Gasteiger partial charge in [0.05, 0.1) is 0 Å². The Morgan fingerprint density at radius 2 is 1.62 bits per heavy atom. The Morgan fingerprint density at radius 3 is 2.29 bits per heavy atom. The van der Waals surface area contributed by atoms with Gasteiger partial charge in [0.25, 0.3) is 5.89 Å². The minimum Gasteiger partial charge on any atom is -0.399 e. The lowest BCUT2D eigenvalue weighted by atomic mass is 10.1. The molecule has 1 heterocycles. The number of nitrogen functional groups attached to an aromatic ring is 1. The standard InChI is InChI=1S/C17H15N3O/c18-15-7-5-11(6-8-15)17-19-16(20-21-17)14-9-12-3-1-2-4-13(12)10-14/h1-8,14H,9-10,18H2. The van der Waals surface area contributed by atoms with Gasteiger partial charge in [0.2, 0.25) is 0 Å². The van der Waals surface area contributed by atoms with Crippen LogP contribution in [0.4, 0.5) is 5.69 Å². The van der Waals surface area contributed by atoms with Gasteiger partial charge in [-0.1, -0.05) is 29.4 Å². The maximum Gasteiger partial charge on any atom is 0.257 e. The molecule has 0 fully saturated rings. The second-order valence-corrected chi connectivity index (χ2v) is 5.45. The van der Waals surface area contributed by atoms with Gasteiger partial charge >= 0.3 is 0 Å². The lowest BCUT2D eigenvalue weighted by Gasteiger charge is -2.00. The normalized spacial score (nSPS) is 14.3. The predicted molar refractivity (Wildman–Crippen MR) is 80.7 cm³/mol. The molecule has 0 saturated heterocycles. The fourth-order valence-corrected chi connectivity index (χ4v) is 2.89. The predicted octanol–water partition coefficient (Wildman–Crippen LogP) is 3.20. The maximum absolute atomic E-state index is 5.69. The second-order valence-electron chi connectivity index (χ2n) is 5.45. The van der Waals surface area contributed by atoms with Gasteiger partial charge in [-0.2, -0.15) is 4.98 Å². The molecule has 2 N–H and O–H groups in total. The highest BCUT2D eigenvalue weighted by atomic mass is 16.5. The summed E-state index contributed by atoms with van der Waals surface area (Å²) in [4.78, 5) is 4.56. The molecule has 4 rings (SSSR count). The van der Waals surface area contributed by atoms with E-state index in [1.807, 2.05) is 24.3 Å². The van der Waals surface area contributed by atoms with Gasteiger partial charge in [-0.3, -0.25) is 0 Å². The van der Waals surface area contributed by atoms with E-state index in [1.165, 1.54) is 11.1 Å². The molecule has 4 heteroatoms. The molecule has 4 nitrogen and oxygen atoms in total. The first-order valence-corrected chi connectivity index (χ1v) is 7.06. The van der Waals surface area contributed by atoms with E-state index in [2.05, 4.69) is 34.4 Å². The summed E-state index contributed by atoms with van der Waals surface area (Å²) in [5, 5.41) is 4.16. The quantitative estimate of drug-likeness (QED) is 0.730. The molecule has 1 aromatic heterocycles. The summed E-state index contributed by atoms with van der Waals surface area (Å²) >= 11 is 0. The van der Waals surface area contributed by atoms with Crippen LogP contribution in [0.25, 0.3) is 11.5 Å². The Hall–Kier alpha value is -2.62. The molecule has 1 aliphatic rings. The first-order chi connectivity index (χ1) is 10.3. The molecule has 3 aromatic rings. The van der Waals surface area contributed by atoms with Crippen LogP contribution in [0, 0.1) is 0 Å². The van der Waals surface area contributed by atoms with Crippen molar-refractivity contribution in [3.8, 4) is 11.5 Å². The van der Waals surface area contributed by atoms with Crippen LogP contribution in [0.5, 0.6) is 0 Å². The van der Waals surface area contributed by atoms with Crippen LogP contribution >= 0.6 is 0 Å². The summed E-state index contributed by atoms with van der Waals surface area (Å²) in [5.74, 6) is 1.66. The van der Waals surface area contributed by atoms with Crippen molar-refractivity contribution in [2.75, 3.05) is 5.73 Å². The average molecular weight is 277 g/mol. The topological polar surface area (TPSA) is 64.9 Å². The average Bonchev–Trinajstić information content (AvgIpc) is 3.14. The van der Waals surface area contributed by atoms with Gasteiger partial charge in [0.15, 0.2) is 5.82 Å². The smallest absolute Gasteiger partial charge is 0.257 e. The lowest BCUT2D eigenvalue weighted by molar-refractivity contribution is 0.416. The Kier molecular flexibility index (Phi) is 2.74. The maximum atomic E-state index is 5.69. The third kappa shape index (κ3) is 2.18. The van der Waals surface area contributed by atoms with E-state index in [9.17, 15) is 0 Å². The number of fused-ring (bicyclic) bond motifs is 1. The van der Waals surface area contributed by atoms with E-state index in [-0.39, 0.29) is 0 Å². The number of benzene rings is 2. The summed E-state index contributed by atoms with van der Waals surface area (Å²) in [6.07, 6.45) is 1.97. The highest BCUT2D eigenvalue weighted by Crippen LogP contribution is 2.33. The molecule has 0 atom stereocenters. The van der Waals surface area contributed by atoms with Crippen LogP contribution < -0.4 is 5.73 Å². The van der Waals surface area contributed by atoms with Gasteiger partial charge in [-0.25, -0.2) is 0 Å². The molecule has 0 amide bonds. The summed E-state index contributed by atoms with van der Waals surface area (Å²) < 4.78 is 5.40. The Bertz CT molecular complexity index is 752. The van der Waals surface area contributed by atoms with Crippen molar-refractivity contribution in [3.05, 3.63) is 65.5 Å². The third-order valence-electron chi connectivity index (χ3n) is 4.02. The molecular weight excluding hydrogens is 262 g/mol. The zero-order valence-corrected chi connectivity index (χ0v) is 11.5. The van der Waals surface area contributed by atoms with E-state index >= 15 is 0 Å². The summed E-state index contributed by atoms with van der Waals surface area (Å²) in [7, 11) is 0. The number of anilines is 1. The van der Waals surface area contributed by atoms with Crippen molar-refractivity contribution in [2.24, 2.45) is 0 Å². The number of nitrogens with two attached hydrogens (primary N) is 1. The Morgan fingerprint density at radius 1 is 0.952 bits per heavy atom. The van der Waals surface area contributed by atoms with E-state index in [1.54, 1.807) is 0 Å². The summed E-state index contributed by atoms with van der Waals surface area (Å²) in [6, 6.07) is 16.0.